The maximum absolute atomic E-state index is 14.4. The van der Waals surface area contributed by atoms with Crippen LogP contribution in [0.4, 0.5) is 20.3 Å². The Labute approximate surface area is 185 Å². The van der Waals surface area contributed by atoms with Gasteiger partial charge in [0, 0.05) is 51.6 Å². The number of benzene rings is 1. The number of pyridine rings is 1. The fourth-order valence-corrected chi connectivity index (χ4v) is 4.49. The zero-order valence-corrected chi connectivity index (χ0v) is 18.3. The van der Waals surface area contributed by atoms with Crippen molar-refractivity contribution >= 4 is 29.0 Å². The lowest BCUT2D eigenvalue weighted by molar-refractivity contribution is 0.0350. The minimum atomic E-state index is -0.660. The predicted octanol–water partition coefficient (Wildman–Crippen LogP) is 4.00. The summed E-state index contributed by atoms with van der Waals surface area (Å²) < 4.78 is 33.7. The van der Waals surface area contributed by atoms with E-state index < -0.39 is 11.6 Å². The Bertz CT molecular complexity index is 996. The number of piperidine rings is 1. The molecule has 1 aromatic carbocycles. The Morgan fingerprint density at radius 2 is 1.97 bits per heavy atom. The van der Waals surface area contributed by atoms with Gasteiger partial charge >= 0.3 is 0 Å². The van der Waals surface area contributed by atoms with Crippen molar-refractivity contribution < 1.29 is 18.3 Å². The molecule has 1 amide bonds. The average molecular weight is 451 g/mol. The first kappa shape index (κ1) is 21.8. The molecule has 0 unspecified atom stereocenters. The highest BCUT2D eigenvalue weighted by Gasteiger charge is 2.29. The van der Waals surface area contributed by atoms with E-state index in [9.17, 15) is 13.6 Å². The molecule has 0 atom stereocenters. The molecule has 1 aromatic heterocycles. The van der Waals surface area contributed by atoms with Gasteiger partial charge in [-0.1, -0.05) is 11.6 Å². The van der Waals surface area contributed by atoms with Crippen molar-refractivity contribution in [2.75, 3.05) is 43.5 Å². The molecule has 0 aliphatic carbocycles. The van der Waals surface area contributed by atoms with E-state index in [1.54, 1.807) is 13.3 Å². The van der Waals surface area contributed by atoms with E-state index in [4.69, 9.17) is 16.3 Å². The van der Waals surface area contributed by atoms with Gasteiger partial charge < -0.3 is 19.9 Å². The third-order valence-corrected chi connectivity index (χ3v) is 6.49. The normalized spacial score (nSPS) is 16.8. The zero-order chi connectivity index (χ0) is 22.1. The average Bonchev–Trinajstić information content (AvgIpc) is 2.79. The lowest BCUT2D eigenvalue weighted by Gasteiger charge is -2.35. The third kappa shape index (κ3) is 4.19. The Morgan fingerprint density at radius 3 is 2.68 bits per heavy atom. The molecule has 4 rings (SSSR count). The Hall–Kier alpha value is -2.45. The zero-order valence-electron chi connectivity index (χ0n) is 17.6. The molecule has 9 heteroatoms. The number of fused-ring (bicyclic) bond motifs is 1. The first-order chi connectivity index (χ1) is 14.9. The Morgan fingerprint density at radius 1 is 1.26 bits per heavy atom. The summed E-state index contributed by atoms with van der Waals surface area (Å²) in [5, 5.41) is 3.00. The van der Waals surface area contributed by atoms with Crippen molar-refractivity contribution in [3.05, 3.63) is 51.7 Å². The fourth-order valence-electron chi connectivity index (χ4n) is 4.27. The lowest BCUT2D eigenvalue weighted by atomic mass is 10.0. The highest BCUT2D eigenvalue weighted by molar-refractivity contribution is 6.31. The van der Waals surface area contributed by atoms with Crippen LogP contribution < -0.4 is 10.2 Å². The molecule has 166 valence electrons. The van der Waals surface area contributed by atoms with E-state index in [1.807, 2.05) is 16.7 Å². The summed E-state index contributed by atoms with van der Waals surface area (Å²) in [5.41, 5.74) is 2.06. The maximum atomic E-state index is 14.4. The van der Waals surface area contributed by atoms with Gasteiger partial charge in [0.1, 0.15) is 17.5 Å². The van der Waals surface area contributed by atoms with Gasteiger partial charge in [-0.3, -0.25) is 4.79 Å². The van der Waals surface area contributed by atoms with Gasteiger partial charge in [-0.25, -0.2) is 13.8 Å². The van der Waals surface area contributed by atoms with Crippen molar-refractivity contribution in [2.24, 2.45) is 0 Å². The van der Waals surface area contributed by atoms with Gasteiger partial charge in [-0.2, -0.15) is 0 Å². The van der Waals surface area contributed by atoms with E-state index in [0.717, 1.165) is 30.5 Å². The largest absolute Gasteiger partial charge is 0.381 e. The number of ether oxygens (including phenoxy) is 1. The van der Waals surface area contributed by atoms with Gasteiger partial charge in [0.05, 0.1) is 22.4 Å². The van der Waals surface area contributed by atoms with Crippen molar-refractivity contribution in [2.45, 2.75) is 32.4 Å². The number of nitrogens with one attached hydrogen (secondary N) is 1. The minimum Gasteiger partial charge on any atom is -0.381 e. The SMILES string of the molecule is COC1CCN(C(=O)c2cnc3c(c2C)N(Cc2c(F)ccc(F)c2Cl)CCN3)CC1. The molecule has 2 aliphatic rings. The smallest absolute Gasteiger partial charge is 0.255 e. The minimum absolute atomic E-state index is 0.0799. The maximum Gasteiger partial charge on any atom is 0.255 e. The molecule has 2 aromatic rings. The number of hydrogen-bond acceptors (Lipinski definition) is 5. The highest BCUT2D eigenvalue weighted by atomic mass is 35.5. The molecule has 2 aliphatic heterocycles. The second kappa shape index (κ2) is 8.96. The number of hydrogen-bond donors (Lipinski definition) is 1. The number of rotatable bonds is 4. The Kier molecular flexibility index (Phi) is 6.29. The fraction of sp³-hybridized carbons (Fsp3) is 0.455. The number of halogens is 3. The van der Waals surface area contributed by atoms with Gasteiger partial charge in [0.25, 0.3) is 5.91 Å². The standard InChI is InChI=1S/C22H25ClF2N4O2/c1-13-15(22(30)28-8-5-14(31-2)6-9-28)11-27-21-20(13)29(10-7-26-21)12-16-17(24)3-4-18(25)19(16)23/h3-4,11,14H,5-10,12H2,1-2H3,(H,26,27). The molecular formula is C22H25ClF2N4O2. The highest BCUT2D eigenvalue weighted by Crippen LogP contribution is 2.36. The van der Waals surface area contributed by atoms with Crippen LogP contribution in [0.25, 0.3) is 0 Å². The van der Waals surface area contributed by atoms with Gasteiger partial charge in [0.15, 0.2) is 0 Å². The summed E-state index contributed by atoms with van der Waals surface area (Å²) in [5.74, 6) is -0.689. The molecule has 1 saturated heterocycles. The summed E-state index contributed by atoms with van der Waals surface area (Å²) in [6, 6.07) is 2.09. The lowest BCUT2D eigenvalue weighted by Crippen LogP contribution is -2.41. The van der Waals surface area contributed by atoms with Crippen LogP contribution in [-0.2, 0) is 11.3 Å². The van der Waals surface area contributed by atoms with Crippen LogP contribution in [0.1, 0.15) is 34.3 Å². The predicted molar refractivity (Wildman–Crippen MR) is 116 cm³/mol. The first-order valence-corrected chi connectivity index (χ1v) is 10.7. The molecule has 1 N–H and O–H groups in total. The van der Waals surface area contributed by atoms with Crippen molar-refractivity contribution in [3.8, 4) is 0 Å². The number of anilines is 2. The van der Waals surface area contributed by atoms with Gasteiger partial charge in [-0.15, -0.1) is 0 Å². The molecule has 3 heterocycles. The number of likely N-dealkylation sites (tertiary alicyclic amines) is 1. The molecule has 0 spiro atoms. The summed E-state index contributed by atoms with van der Waals surface area (Å²) in [6.45, 7) is 4.32. The summed E-state index contributed by atoms with van der Waals surface area (Å²) in [6.07, 6.45) is 3.36. The second-order valence-corrected chi connectivity index (χ2v) is 8.27. The number of aromatic nitrogens is 1. The Balaban J connectivity index is 1.64. The third-order valence-electron chi connectivity index (χ3n) is 6.08. The van der Waals surface area contributed by atoms with Crippen LogP contribution in [0.3, 0.4) is 0 Å². The summed E-state index contributed by atoms with van der Waals surface area (Å²) >= 11 is 6.05. The van der Waals surface area contributed by atoms with Gasteiger partial charge in [-0.05, 0) is 37.5 Å². The van der Waals surface area contributed by atoms with E-state index in [0.29, 0.717) is 43.2 Å². The summed E-state index contributed by atoms with van der Waals surface area (Å²) in [7, 11) is 1.69. The molecule has 31 heavy (non-hydrogen) atoms. The quantitative estimate of drug-likeness (QED) is 0.713. The first-order valence-electron chi connectivity index (χ1n) is 10.3. The van der Waals surface area contributed by atoms with E-state index in [-0.39, 0.29) is 29.1 Å². The molecule has 0 bridgehead atoms. The van der Waals surface area contributed by atoms with Crippen LogP contribution >= 0.6 is 11.6 Å². The van der Waals surface area contributed by atoms with Crippen LogP contribution in [0, 0.1) is 18.6 Å². The van der Waals surface area contributed by atoms with Crippen LogP contribution in [0.2, 0.25) is 5.02 Å². The van der Waals surface area contributed by atoms with Crippen molar-refractivity contribution in [1.29, 1.82) is 0 Å². The number of carbonyl (C=O) groups excluding carboxylic acids is 1. The second-order valence-electron chi connectivity index (χ2n) is 7.89. The molecular weight excluding hydrogens is 426 g/mol. The molecule has 6 nitrogen and oxygen atoms in total. The van der Waals surface area contributed by atoms with Gasteiger partial charge in [0.2, 0.25) is 0 Å². The van der Waals surface area contributed by atoms with E-state index in [1.165, 1.54) is 0 Å². The van der Waals surface area contributed by atoms with Crippen LogP contribution in [0.15, 0.2) is 18.3 Å². The molecule has 0 saturated carbocycles. The van der Waals surface area contributed by atoms with E-state index in [2.05, 4.69) is 10.3 Å². The van der Waals surface area contributed by atoms with E-state index >= 15 is 0 Å². The van der Waals surface area contributed by atoms with Crippen LogP contribution in [0.5, 0.6) is 0 Å². The summed E-state index contributed by atoms with van der Waals surface area (Å²) in [4.78, 5) is 21.4. The molecule has 0 radical (unpaired) electrons. The number of nitrogens with zero attached hydrogens (tertiary/aromatic N) is 3. The number of methoxy groups -OCH3 is 1. The monoisotopic (exact) mass is 450 g/mol. The van der Waals surface area contributed by atoms with Crippen LogP contribution in [-0.4, -0.2) is 55.2 Å². The van der Waals surface area contributed by atoms with Crippen molar-refractivity contribution in [1.82, 2.24) is 9.88 Å². The topological polar surface area (TPSA) is 57.7 Å². The van der Waals surface area contributed by atoms with Crippen molar-refractivity contribution in [3.63, 3.8) is 0 Å². The number of carbonyl (C=O) groups is 1. The number of amides is 1. The molecule has 1 fully saturated rings.